The van der Waals surface area contributed by atoms with Crippen LogP contribution >= 0.6 is 11.8 Å². The maximum atomic E-state index is 12.4. The van der Waals surface area contributed by atoms with Crippen molar-refractivity contribution in [3.8, 4) is 0 Å². The summed E-state index contributed by atoms with van der Waals surface area (Å²) in [6.45, 7) is 4.66. The highest BCUT2D eigenvalue weighted by Crippen LogP contribution is 2.17. The highest BCUT2D eigenvalue weighted by molar-refractivity contribution is 7.99. The normalized spacial score (nSPS) is 19.6. The lowest BCUT2D eigenvalue weighted by Crippen LogP contribution is -2.42. The molecule has 1 saturated heterocycles. The van der Waals surface area contributed by atoms with E-state index in [9.17, 15) is 4.79 Å². The number of hydrogen-bond donors (Lipinski definition) is 1. The summed E-state index contributed by atoms with van der Waals surface area (Å²) in [7, 11) is 4.07. The summed E-state index contributed by atoms with van der Waals surface area (Å²) in [5.74, 6) is 2.77. The average molecular weight is 311 g/mol. The van der Waals surface area contributed by atoms with E-state index in [1.54, 1.807) is 0 Å². The van der Waals surface area contributed by atoms with Crippen LogP contribution in [-0.2, 0) is 6.54 Å². The molecule has 0 bridgehead atoms. The first-order valence-electron chi connectivity index (χ1n) is 7.40. The van der Waals surface area contributed by atoms with E-state index >= 15 is 0 Å². The number of carbonyl (C=O) groups is 1. The van der Waals surface area contributed by atoms with Gasteiger partial charge in [0.2, 0.25) is 0 Å². The average Bonchev–Trinajstić information content (AvgIpc) is 2.76. The SMILES string of the molecule is CC1CCSCCN1C(=O)Nc1ccn(CCN(C)C)n1. The summed E-state index contributed by atoms with van der Waals surface area (Å²) in [5, 5.41) is 7.30. The predicted octanol–water partition coefficient (Wildman–Crippen LogP) is 1.80. The van der Waals surface area contributed by atoms with E-state index in [1.165, 1.54) is 0 Å². The van der Waals surface area contributed by atoms with Crippen molar-refractivity contribution in [2.24, 2.45) is 0 Å². The van der Waals surface area contributed by atoms with Gasteiger partial charge in [0.15, 0.2) is 5.82 Å². The number of hydrogen-bond acceptors (Lipinski definition) is 4. The van der Waals surface area contributed by atoms with Crippen molar-refractivity contribution < 1.29 is 4.79 Å². The maximum Gasteiger partial charge on any atom is 0.323 e. The minimum absolute atomic E-state index is 0.0390. The zero-order valence-electron chi connectivity index (χ0n) is 13.1. The zero-order valence-corrected chi connectivity index (χ0v) is 13.9. The van der Waals surface area contributed by atoms with E-state index in [2.05, 4.69) is 22.2 Å². The third kappa shape index (κ3) is 4.93. The minimum Gasteiger partial charge on any atom is -0.321 e. The van der Waals surface area contributed by atoms with Crippen LogP contribution in [0.4, 0.5) is 10.6 Å². The zero-order chi connectivity index (χ0) is 15.2. The first-order chi connectivity index (χ1) is 10.1. The summed E-state index contributed by atoms with van der Waals surface area (Å²) in [6, 6.07) is 2.10. The molecule has 1 aromatic rings. The van der Waals surface area contributed by atoms with Crippen LogP contribution in [0.15, 0.2) is 12.3 Å². The Hall–Kier alpha value is -1.21. The Morgan fingerprint density at radius 3 is 3.10 bits per heavy atom. The molecule has 1 N–H and O–H groups in total. The maximum absolute atomic E-state index is 12.4. The van der Waals surface area contributed by atoms with Gasteiger partial charge in [-0.15, -0.1) is 0 Å². The van der Waals surface area contributed by atoms with Gasteiger partial charge in [0.1, 0.15) is 0 Å². The van der Waals surface area contributed by atoms with Gasteiger partial charge in [-0.2, -0.15) is 16.9 Å². The van der Waals surface area contributed by atoms with Crippen LogP contribution in [0.1, 0.15) is 13.3 Å². The van der Waals surface area contributed by atoms with Crippen molar-refractivity contribution in [3.05, 3.63) is 12.3 Å². The summed E-state index contributed by atoms with van der Waals surface area (Å²) in [6.07, 6.45) is 2.95. The molecule has 1 aliphatic rings. The van der Waals surface area contributed by atoms with Gasteiger partial charge in [0, 0.05) is 37.1 Å². The number of rotatable bonds is 4. The number of nitrogens with zero attached hydrogens (tertiary/aromatic N) is 4. The van der Waals surface area contributed by atoms with Crippen LogP contribution in [-0.4, -0.2) is 70.3 Å². The van der Waals surface area contributed by atoms with E-state index < -0.39 is 0 Å². The predicted molar refractivity (Wildman–Crippen MR) is 87.9 cm³/mol. The lowest BCUT2D eigenvalue weighted by Gasteiger charge is -2.26. The van der Waals surface area contributed by atoms with E-state index in [0.717, 1.165) is 37.6 Å². The molecule has 6 nitrogen and oxygen atoms in total. The quantitative estimate of drug-likeness (QED) is 0.921. The van der Waals surface area contributed by atoms with Crippen molar-refractivity contribution in [3.63, 3.8) is 0 Å². The third-order valence-electron chi connectivity index (χ3n) is 3.60. The Bertz CT molecular complexity index is 462. The fraction of sp³-hybridized carbons (Fsp3) is 0.714. The monoisotopic (exact) mass is 311 g/mol. The first kappa shape index (κ1) is 16.2. The van der Waals surface area contributed by atoms with E-state index in [1.807, 2.05) is 47.7 Å². The van der Waals surface area contributed by atoms with Crippen molar-refractivity contribution >= 4 is 23.6 Å². The Balaban J connectivity index is 1.89. The lowest BCUT2D eigenvalue weighted by molar-refractivity contribution is 0.197. The molecule has 0 aliphatic carbocycles. The van der Waals surface area contributed by atoms with Crippen LogP contribution in [0.2, 0.25) is 0 Å². The summed E-state index contributed by atoms with van der Waals surface area (Å²) >= 11 is 1.91. The number of likely N-dealkylation sites (N-methyl/N-ethyl adjacent to an activating group) is 1. The van der Waals surface area contributed by atoms with E-state index in [-0.39, 0.29) is 12.1 Å². The molecule has 7 heteroatoms. The number of amides is 2. The second-order valence-electron chi connectivity index (χ2n) is 5.64. The fourth-order valence-electron chi connectivity index (χ4n) is 2.23. The lowest BCUT2D eigenvalue weighted by atomic mass is 10.2. The fourth-order valence-corrected chi connectivity index (χ4v) is 3.27. The van der Waals surface area contributed by atoms with Gasteiger partial charge < -0.3 is 9.80 Å². The molecule has 2 heterocycles. The number of urea groups is 1. The molecule has 1 aromatic heterocycles. The van der Waals surface area contributed by atoms with Gasteiger partial charge in [-0.25, -0.2) is 4.79 Å². The molecule has 118 valence electrons. The standard InChI is InChI=1S/C14H25N5OS/c1-12-5-10-21-11-9-19(12)14(20)15-13-4-6-18(16-13)8-7-17(2)3/h4,6,12H,5,7-11H2,1-3H3,(H,15,16,20). The van der Waals surface area contributed by atoms with Crippen molar-refractivity contribution in [1.82, 2.24) is 19.6 Å². The van der Waals surface area contributed by atoms with Crippen LogP contribution < -0.4 is 5.32 Å². The highest BCUT2D eigenvalue weighted by Gasteiger charge is 2.22. The Morgan fingerprint density at radius 1 is 1.52 bits per heavy atom. The summed E-state index contributed by atoms with van der Waals surface area (Å²) in [5.41, 5.74) is 0. The second kappa shape index (κ2) is 7.70. The van der Waals surface area contributed by atoms with Gasteiger partial charge >= 0.3 is 6.03 Å². The van der Waals surface area contributed by atoms with Crippen LogP contribution in [0.5, 0.6) is 0 Å². The molecule has 1 atom stereocenters. The molecule has 0 aromatic carbocycles. The third-order valence-corrected chi connectivity index (χ3v) is 4.60. The number of anilines is 1. The van der Waals surface area contributed by atoms with E-state index in [0.29, 0.717) is 5.82 Å². The van der Waals surface area contributed by atoms with Gasteiger partial charge in [-0.3, -0.25) is 10.00 Å². The number of thioether (sulfide) groups is 1. The molecule has 0 spiro atoms. The smallest absolute Gasteiger partial charge is 0.321 e. The Labute approximate surface area is 130 Å². The minimum atomic E-state index is -0.0390. The summed E-state index contributed by atoms with van der Waals surface area (Å²) in [4.78, 5) is 16.4. The molecule has 1 unspecified atom stereocenters. The molecule has 0 radical (unpaired) electrons. The van der Waals surface area contributed by atoms with Gasteiger partial charge in [0.25, 0.3) is 0 Å². The molecule has 2 amide bonds. The molecule has 1 fully saturated rings. The molecular formula is C14H25N5OS. The van der Waals surface area contributed by atoms with Gasteiger partial charge in [0.05, 0.1) is 6.54 Å². The molecular weight excluding hydrogens is 286 g/mol. The molecule has 1 aliphatic heterocycles. The van der Waals surface area contributed by atoms with Crippen molar-refractivity contribution in [2.45, 2.75) is 25.9 Å². The largest absolute Gasteiger partial charge is 0.323 e. The number of nitrogens with one attached hydrogen (secondary N) is 1. The second-order valence-corrected chi connectivity index (χ2v) is 6.87. The van der Waals surface area contributed by atoms with Crippen LogP contribution in [0.25, 0.3) is 0 Å². The topological polar surface area (TPSA) is 53.4 Å². The molecule has 0 saturated carbocycles. The highest BCUT2D eigenvalue weighted by atomic mass is 32.2. The van der Waals surface area contributed by atoms with Gasteiger partial charge in [-0.1, -0.05) is 0 Å². The van der Waals surface area contributed by atoms with Crippen LogP contribution in [0, 0.1) is 0 Å². The number of carbonyl (C=O) groups excluding carboxylic acids is 1. The van der Waals surface area contributed by atoms with Gasteiger partial charge in [-0.05, 0) is 33.2 Å². The molecule has 2 rings (SSSR count). The first-order valence-corrected chi connectivity index (χ1v) is 8.55. The Morgan fingerprint density at radius 2 is 2.33 bits per heavy atom. The van der Waals surface area contributed by atoms with Crippen molar-refractivity contribution in [1.29, 1.82) is 0 Å². The molecule has 21 heavy (non-hydrogen) atoms. The van der Waals surface area contributed by atoms with Crippen LogP contribution in [0.3, 0.4) is 0 Å². The number of aromatic nitrogens is 2. The Kier molecular flexibility index (Phi) is 5.93. The summed E-state index contributed by atoms with van der Waals surface area (Å²) < 4.78 is 1.86. The van der Waals surface area contributed by atoms with E-state index in [4.69, 9.17) is 0 Å². The van der Waals surface area contributed by atoms with Crippen molar-refractivity contribution in [2.75, 3.05) is 44.0 Å².